The fourth-order valence-corrected chi connectivity index (χ4v) is 5.95. The average Bonchev–Trinajstić information content (AvgIpc) is 3.66. The molecule has 2 aliphatic heterocycles. The molecule has 2 saturated heterocycles. The Balaban J connectivity index is 1.24. The van der Waals surface area contributed by atoms with Gasteiger partial charge in [-0.1, -0.05) is 37.2 Å². The van der Waals surface area contributed by atoms with Gasteiger partial charge in [-0.15, -0.1) is 0 Å². The Morgan fingerprint density at radius 3 is 2.40 bits per heavy atom. The fraction of sp³-hybridized carbons (Fsp3) is 0.562. The molecule has 12 nitrogen and oxygen atoms in total. The molecule has 0 spiro atoms. The first-order chi connectivity index (χ1) is 21.4. The standard InChI is InChI=1S/C32H43FN8O4/c1-7-41(22-12-14-39(15-13-22)30-37-27(20(2)3)38-45-30)28(42)21-16-34-29(35-17-21)40-18-24(23-10-8-9-11-25(23)33)26(19-40)36-31(43)44-32(4,5)6/h8-11,16-17,20,22,24,26H,7,12-15,18-19H2,1-6H3,(H,36,43). The van der Waals surface area contributed by atoms with Crippen molar-refractivity contribution in [1.29, 1.82) is 0 Å². The number of benzene rings is 1. The highest BCUT2D eigenvalue weighted by atomic mass is 19.1. The fourth-order valence-electron chi connectivity index (χ4n) is 5.95. The van der Waals surface area contributed by atoms with E-state index in [0.29, 0.717) is 61.6 Å². The second kappa shape index (κ2) is 13.4. The van der Waals surface area contributed by atoms with E-state index >= 15 is 0 Å². The first-order valence-corrected chi connectivity index (χ1v) is 15.6. The summed E-state index contributed by atoms with van der Waals surface area (Å²) < 4.78 is 25.8. The van der Waals surface area contributed by atoms with Gasteiger partial charge in [0.15, 0.2) is 5.82 Å². The number of hydrogen-bond donors (Lipinski definition) is 1. The summed E-state index contributed by atoms with van der Waals surface area (Å²) in [6.45, 7) is 14.1. The molecule has 2 unspecified atom stereocenters. The maximum absolute atomic E-state index is 14.8. The quantitative estimate of drug-likeness (QED) is 0.376. The maximum atomic E-state index is 14.8. The number of piperidine rings is 1. The molecule has 2 atom stereocenters. The van der Waals surface area contributed by atoms with Crippen LogP contribution in [0, 0.1) is 5.82 Å². The Morgan fingerprint density at radius 1 is 1.11 bits per heavy atom. The van der Waals surface area contributed by atoms with Crippen LogP contribution < -0.4 is 15.1 Å². The van der Waals surface area contributed by atoms with Crippen molar-refractivity contribution in [3.63, 3.8) is 0 Å². The number of rotatable bonds is 8. The molecule has 2 fully saturated rings. The van der Waals surface area contributed by atoms with Gasteiger partial charge in [-0.2, -0.15) is 4.98 Å². The van der Waals surface area contributed by atoms with Crippen LogP contribution in [0.1, 0.15) is 88.0 Å². The van der Waals surface area contributed by atoms with E-state index in [0.717, 1.165) is 12.8 Å². The molecule has 242 valence electrons. The smallest absolute Gasteiger partial charge is 0.407 e. The van der Waals surface area contributed by atoms with Crippen LogP contribution in [0.3, 0.4) is 0 Å². The molecule has 0 bridgehead atoms. The summed E-state index contributed by atoms with van der Waals surface area (Å²) in [7, 11) is 0. The van der Waals surface area contributed by atoms with Gasteiger partial charge in [0.1, 0.15) is 11.4 Å². The zero-order valence-electron chi connectivity index (χ0n) is 26.9. The number of aromatic nitrogens is 4. The van der Waals surface area contributed by atoms with Crippen molar-refractivity contribution in [2.45, 2.75) is 83.9 Å². The third kappa shape index (κ3) is 7.51. The summed E-state index contributed by atoms with van der Waals surface area (Å²) in [5, 5.41) is 6.98. The molecular formula is C32H43FN8O4. The van der Waals surface area contributed by atoms with E-state index in [1.807, 2.05) is 30.6 Å². The van der Waals surface area contributed by atoms with Gasteiger partial charge >= 0.3 is 12.1 Å². The van der Waals surface area contributed by atoms with Crippen LogP contribution in [-0.2, 0) is 4.74 Å². The van der Waals surface area contributed by atoms with Crippen LogP contribution in [0.25, 0.3) is 0 Å². The molecule has 1 aromatic carbocycles. The lowest BCUT2D eigenvalue weighted by Gasteiger charge is -2.37. The number of alkyl carbamates (subject to hydrolysis) is 1. The SMILES string of the molecule is CCN(C(=O)c1cnc(N2CC(NC(=O)OC(C)(C)C)C(c3ccccc3F)C2)nc1)C1CCN(c2nc(C(C)C)no2)CC1. The van der Waals surface area contributed by atoms with Crippen LogP contribution in [0.5, 0.6) is 0 Å². The van der Waals surface area contributed by atoms with E-state index in [9.17, 15) is 14.0 Å². The lowest BCUT2D eigenvalue weighted by molar-refractivity contribution is 0.0504. The Hall–Kier alpha value is -4.29. The van der Waals surface area contributed by atoms with Crippen molar-refractivity contribution < 1.29 is 23.2 Å². The van der Waals surface area contributed by atoms with E-state index in [-0.39, 0.29) is 29.6 Å². The predicted molar refractivity (Wildman–Crippen MR) is 167 cm³/mol. The number of ether oxygens (including phenoxy) is 1. The molecule has 45 heavy (non-hydrogen) atoms. The summed E-state index contributed by atoms with van der Waals surface area (Å²) in [6, 6.07) is 6.71. The number of amides is 2. The predicted octanol–water partition coefficient (Wildman–Crippen LogP) is 4.75. The van der Waals surface area contributed by atoms with Gasteiger partial charge in [-0.3, -0.25) is 4.79 Å². The van der Waals surface area contributed by atoms with Crippen LogP contribution >= 0.6 is 0 Å². The van der Waals surface area contributed by atoms with Gasteiger partial charge < -0.3 is 29.3 Å². The minimum Gasteiger partial charge on any atom is -0.444 e. The van der Waals surface area contributed by atoms with Gasteiger partial charge in [0.25, 0.3) is 5.91 Å². The van der Waals surface area contributed by atoms with Gasteiger partial charge in [0.2, 0.25) is 5.95 Å². The van der Waals surface area contributed by atoms with Crippen LogP contribution in [0.2, 0.25) is 0 Å². The number of hydrogen-bond acceptors (Lipinski definition) is 10. The number of halogens is 1. The highest BCUT2D eigenvalue weighted by Gasteiger charge is 2.38. The molecule has 2 aliphatic rings. The Morgan fingerprint density at radius 2 is 1.80 bits per heavy atom. The Kier molecular flexibility index (Phi) is 9.54. The van der Waals surface area contributed by atoms with E-state index in [1.165, 1.54) is 6.07 Å². The third-order valence-corrected chi connectivity index (χ3v) is 8.22. The largest absolute Gasteiger partial charge is 0.444 e. The number of carbonyl (C=O) groups is 2. The molecule has 0 radical (unpaired) electrons. The highest BCUT2D eigenvalue weighted by molar-refractivity contribution is 5.94. The van der Waals surface area contributed by atoms with Crippen molar-refractivity contribution >= 4 is 24.0 Å². The summed E-state index contributed by atoms with van der Waals surface area (Å²) >= 11 is 0. The summed E-state index contributed by atoms with van der Waals surface area (Å²) in [5.41, 5.74) is 0.225. The lowest BCUT2D eigenvalue weighted by atomic mass is 9.94. The van der Waals surface area contributed by atoms with Crippen molar-refractivity contribution in [2.75, 3.05) is 42.5 Å². The molecule has 3 aromatic rings. The molecular weight excluding hydrogens is 579 g/mol. The van der Waals surface area contributed by atoms with Crippen molar-refractivity contribution in [1.82, 2.24) is 30.3 Å². The zero-order valence-corrected chi connectivity index (χ0v) is 26.9. The molecule has 4 heterocycles. The lowest BCUT2D eigenvalue weighted by Crippen LogP contribution is -2.47. The number of anilines is 2. The number of nitrogens with one attached hydrogen (secondary N) is 1. The second-order valence-electron chi connectivity index (χ2n) is 13.0. The molecule has 0 aliphatic carbocycles. The zero-order chi connectivity index (χ0) is 32.3. The third-order valence-electron chi connectivity index (χ3n) is 8.22. The van der Waals surface area contributed by atoms with E-state index < -0.39 is 17.7 Å². The molecule has 1 N–H and O–H groups in total. The summed E-state index contributed by atoms with van der Waals surface area (Å²) in [6.07, 6.45) is 4.06. The summed E-state index contributed by atoms with van der Waals surface area (Å²) in [4.78, 5) is 45.6. The van der Waals surface area contributed by atoms with Crippen molar-refractivity contribution in [2.24, 2.45) is 0 Å². The van der Waals surface area contributed by atoms with Crippen LogP contribution in [0.4, 0.5) is 21.1 Å². The summed E-state index contributed by atoms with van der Waals surface area (Å²) in [5.74, 6) is 0.457. The molecule has 13 heteroatoms. The first-order valence-electron chi connectivity index (χ1n) is 15.6. The number of nitrogens with zero attached hydrogens (tertiary/aromatic N) is 7. The van der Waals surface area contributed by atoms with Gasteiger partial charge in [-0.25, -0.2) is 19.2 Å². The average molecular weight is 623 g/mol. The van der Waals surface area contributed by atoms with Gasteiger partial charge in [-0.05, 0) is 52.2 Å². The van der Waals surface area contributed by atoms with Gasteiger partial charge in [0, 0.05) is 63.0 Å². The van der Waals surface area contributed by atoms with E-state index in [1.54, 1.807) is 51.4 Å². The van der Waals surface area contributed by atoms with Crippen LogP contribution in [-0.4, -0.2) is 87.4 Å². The van der Waals surface area contributed by atoms with Gasteiger partial charge in [0.05, 0.1) is 11.6 Å². The highest BCUT2D eigenvalue weighted by Crippen LogP contribution is 2.32. The second-order valence-corrected chi connectivity index (χ2v) is 13.0. The minimum atomic E-state index is -0.670. The van der Waals surface area contributed by atoms with Crippen LogP contribution in [0.15, 0.2) is 41.2 Å². The molecule has 2 amide bonds. The van der Waals surface area contributed by atoms with E-state index in [2.05, 4.69) is 30.3 Å². The molecule has 2 aromatic heterocycles. The Bertz CT molecular complexity index is 1470. The molecule has 5 rings (SSSR count). The monoisotopic (exact) mass is 622 g/mol. The molecule has 0 saturated carbocycles. The normalized spacial score (nSPS) is 19.2. The minimum absolute atomic E-state index is 0.0608. The first kappa shape index (κ1) is 32.1. The maximum Gasteiger partial charge on any atom is 0.407 e. The van der Waals surface area contributed by atoms with E-state index in [4.69, 9.17) is 9.26 Å². The number of carbonyl (C=O) groups excluding carboxylic acids is 2. The van der Waals surface area contributed by atoms with Crippen molar-refractivity contribution in [3.8, 4) is 0 Å². The van der Waals surface area contributed by atoms with Crippen molar-refractivity contribution in [3.05, 3.63) is 59.4 Å². The Labute approximate surface area is 263 Å². The topological polar surface area (TPSA) is 130 Å².